The van der Waals surface area contributed by atoms with E-state index in [1.54, 1.807) is 20.8 Å². The van der Waals surface area contributed by atoms with Gasteiger partial charge < -0.3 is 26.2 Å². The summed E-state index contributed by atoms with van der Waals surface area (Å²) < 4.78 is 18.3. The average Bonchev–Trinajstić information content (AvgIpc) is 2.36. The summed E-state index contributed by atoms with van der Waals surface area (Å²) in [5.74, 6) is -2.13. The van der Waals surface area contributed by atoms with Gasteiger partial charge in [0.2, 0.25) is 0 Å². The van der Waals surface area contributed by atoms with Crippen LogP contribution < -0.4 is 16.4 Å². The fourth-order valence-corrected chi connectivity index (χ4v) is 1.65. The van der Waals surface area contributed by atoms with E-state index < -0.39 is 29.2 Å². The zero-order valence-corrected chi connectivity index (χ0v) is 12.7. The number of benzene rings is 1. The molecule has 0 aliphatic rings. The maximum absolute atomic E-state index is 13.3. The first kappa shape index (κ1) is 17.5. The molecule has 122 valence electrons. The number of ether oxygens (including phenoxy) is 1. The van der Waals surface area contributed by atoms with E-state index >= 15 is 0 Å². The van der Waals surface area contributed by atoms with Gasteiger partial charge in [0.1, 0.15) is 17.0 Å². The molecule has 0 saturated heterocycles. The number of carboxylic acid groups (broad SMARTS) is 1. The van der Waals surface area contributed by atoms with Crippen LogP contribution in [0.15, 0.2) is 12.1 Å². The molecule has 0 radical (unpaired) electrons. The van der Waals surface area contributed by atoms with E-state index in [2.05, 4.69) is 10.6 Å². The topological polar surface area (TPSA) is 114 Å². The van der Waals surface area contributed by atoms with Crippen LogP contribution in [0, 0.1) is 5.82 Å². The highest BCUT2D eigenvalue weighted by atomic mass is 19.1. The van der Waals surface area contributed by atoms with Crippen molar-refractivity contribution in [3.8, 4) is 0 Å². The molecule has 1 amide bonds. The molecule has 0 heterocycles. The van der Waals surface area contributed by atoms with Crippen LogP contribution in [0.4, 0.5) is 20.6 Å². The number of nitrogens with one attached hydrogen (secondary N) is 2. The SMILES string of the molecule is CC(C)(C)OC(=O)NCCNc1ccc(F)c(N)c1C(=O)O. The van der Waals surface area contributed by atoms with E-state index in [1.807, 2.05) is 0 Å². The minimum absolute atomic E-state index is 0.178. The Morgan fingerprint density at radius 1 is 1.32 bits per heavy atom. The lowest BCUT2D eigenvalue weighted by atomic mass is 10.1. The fraction of sp³-hybridized carbons (Fsp3) is 0.429. The van der Waals surface area contributed by atoms with E-state index in [0.29, 0.717) is 0 Å². The number of nitrogens with two attached hydrogens (primary N) is 1. The quantitative estimate of drug-likeness (QED) is 0.488. The van der Waals surface area contributed by atoms with Crippen molar-refractivity contribution in [2.45, 2.75) is 26.4 Å². The number of amides is 1. The smallest absolute Gasteiger partial charge is 0.407 e. The first-order valence-electron chi connectivity index (χ1n) is 6.64. The van der Waals surface area contributed by atoms with Gasteiger partial charge >= 0.3 is 12.1 Å². The Morgan fingerprint density at radius 2 is 1.95 bits per heavy atom. The van der Waals surface area contributed by atoms with Gasteiger partial charge in [0.05, 0.1) is 11.4 Å². The van der Waals surface area contributed by atoms with Gasteiger partial charge in [-0.3, -0.25) is 0 Å². The Kier molecular flexibility index (Phi) is 5.56. The normalized spacial score (nSPS) is 10.9. The molecule has 1 aromatic rings. The predicted molar refractivity (Wildman–Crippen MR) is 80.5 cm³/mol. The second-order valence-corrected chi connectivity index (χ2v) is 5.54. The second-order valence-electron chi connectivity index (χ2n) is 5.54. The van der Waals surface area contributed by atoms with Crippen LogP contribution >= 0.6 is 0 Å². The summed E-state index contributed by atoms with van der Waals surface area (Å²) in [6, 6.07) is 2.36. The molecule has 0 aliphatic carbocycles. The maximum Gasteiger partial charge on any atom is 0.407 e. The van der Waals surface area contributed by atoms with Crippen molar-refractivity contribution >= 4 is 23.4 Å². The summed E-state index contributed by atoms with van der Waals surface area (Å²) in [5.41, 5.74) is 4.23. The lowest BCUT2D eigenvalue weighted by Crippen LogP contribution is -2.35. The van der Waals surface area contributed by atoms with Crippen LogP contribution in [-0.2, 0) is 4.74 Å². The molecule has 0 aliphatic heterocycles. The van der Waals surface area contributed by atoms with E-state index in [9.17, 15) is 14.0 Å². The number of hydrogen-bond donors (Lipinski definition) is 4. The number of aromatic carboxylic acids is 1. The van der Waals surface area contributed by atoms with Crippen molar-refractivity contribution in [1.29, 1.82) is 0 Å². The molecule has 7 nitrogen and oxygen atoms in total. The molecule has 8 heteroatoms. The average molecular weight is 313 g/mol. The minimum atomic E-state index is -1.33. The number of anilines is 2. The van der Waals surface area contributed by atoms with Gasteiger partial charge in [-0.25, -0.2) is 14.0 Å². The summed E-state index contributed by atoms with van der Waals surface area (Å²) >= 11 is 0. The molecule has 0 aromatic heterocycles. The van der Waals surface area contributed by atoms with Crippen molar-refractivity contribution in [1.82, 2.24) is 5.32 Å². The number of carboxylic acids is 1. The summed E-state index contributed by atoms with van der Waals surface area (Å²) in [5, 5.41) is 14.4. The third-order valence-electron chi connectivity index (χ3n) is 2.51. The Morgan fingerprint density at radius 3 is 2.50 bits per heavy atom. The third-order valence-corrected chi connectivity index (χ3v) is 2.51. The molecule has 0 atom stereocenters. The lowest BCUT2D eigenvalue weighted by molar-refractivity contribution is 0.0529. The van der Waals surface area contributed by atoms with E-state index in [4.69, 9.17) is 15.6 Å². The van der Waals surface area contributed by atoms with Crippen LogP contribution in [-0.4, -0.2) is 35.9 Å². The van der Waals surface area contributed by atoms with Crippen LogP contribution in [0.5, 0.6) is 0 Å². The fourth-order valence-electron chi connectivity index (χ4n) is 1.65. The summed E-state index contributed by atoms with van der Waals surface area (Å²) in [6.45, 7) is 5.65. The van der Waals surface area contributed by atoms with Gasteiger partial charge in [-0.15, -0.1) is 0 Å². The van der Waals surface area contributed by atoms with Crippen LogP contribution in [0.25, 0.3) is 0 Å². The van der Waals surface area contributed by atoms with Gasteiger partial charge in [-0.05, 0) is 32.9 Å². The summed E-state index contributed by atoms with van der Waals surface area (Å²) in [4.78, 5) is 22.5. The highest BCUT2D eigenvalue weighted by Gasteiger charge is 2.18. The molecular weight excluding hydrogens is 293 g/mol. The van der Waals surface area contributed by atoms with E-state index in [0.717, 1.165) is 6.07 Å². The zero-order valence-electron chi connectivity index (χ0n) is 12.7. The standard InChI is InChI=1S/C14H20FN3O4/c1-14(2,3)22-13(21)18-7-6-17-9-5-4-8(15)11(16)10(9)12(19)20/h4-5,17H,6-7,16H2,1-3H3,(H,18,21)(H,19,20). The molecule has 1 rings (SSSR count). The Labute approximate surface area is 127 Å². The molecule has 5 N–H and O–H groups in total. The number of halogens is 1. The van der Waals surface area contributed by atoms with Crippen LogP contribution in [0.1, 0.15) is 31.1 Å². The predicted octanol–water partition coefficient (Wildman–Crippen LogP) is 2.04. The minimum Gasteiger partial charge on any atom is -0.478 e. The van der Waals surface area contributed by atoms with Gasteiger partial charge in [0.15, 0.2) is 0 Å². The third kappa shape index (κ3) is 5.12. The number of carbonyl (C=O) groups excluding carboxylic acids is 1. The molecule has 1 aromatic carbocycles. The molecule has 0 fully saturated rings. The number of hydrogen-bond acceptors (Lipinski definition) is 5. The second kappa shape index (κ2) is 6.97. The number of carbonyl (C=O) groups is 2. The van der Waals surface area contributed by atoms with E-state index in [-0.39, 0.29) is 24.3 Å². The van der Waals surface area contributed by atoms with Gasteiger partial charge in [-0.1, -0.05) is 0 Å². The number of nitrogen functional groups attached to an aromatic ring is 1. The highest BCUT2D eigenvalue weighted by Crippen LogP contribution is 2.24. The number of rotatable bonds is 5. The van der Waals surface area contributed by atoms with Crippen LogP contribution in [0.2, 0.25) is 0 Å². The first-order valence-corrected chi connectivity index (χ1v) is 6.64. The molecular formula is C14H20FN3O4. The Balaban J connectivity index is 2.58. The first-order chi connectivity index (χ1) is 10.1. The molecule has 0 saturated carbocycles. The highest BCUT2D eigenvalue weighted by molar-refractivity contribution is 6.00. The molecule has 22 heavy (non-hydrogen) atoms. The molecule has 0 unspecified atom stereocenters. The van der Waals surface area contributed by atoms with Crippen molar-refractivity contribution in [3.05, 3.63) is 23.5 Å². The van der Waals surface area contributed by atoms with Crippen molar-refractivity contribution in [2.75, 3.05) is 24.1 Å². The maximum atomic E-state index is 13.3. The van der Waals surface area contributed by atoms with Crippen LogP contribution in [0.3, 0.4) is 0 Å². The zero-order chi connectivity index (χ0) is 16.9. The van der Waals surface area contributed by atoms with Crippen molar-refractivity contribution in [3.63, 3.8) is 0 Å². The molecule has 0 spiro atoms. The van der Waals surface area contributed by atoms with Crippen molar-refractivity contribution < 1.29 is 23.8 Å². The molecule has 0 bridgehead atoms. The lowest BCUT2D eigenvalue weighted by Gasteiger charge is -2.20. The Bertz CT molecular complexity index is 570. The Hall–Kier alpha value is -2.51. The van der Waals surface area contributed by atoms with Crippen molar-refractivity contribution in [2.24, 2.45) is 0 Å². The van der Waals surface area contributed by atoms with Gasteiger partial charge in [-0.2, -0.15) is 0 Å². The summed E-state index contributed by atoms with van der Waals surface area (Å²) in [6.07, 6.45) is -0.577. The monoisotopic (exact) mass is 313 g/mol. The van der Waals surface area contributed by atoms with Gasteiger partial charge in [0, 0.05) is 13.1 Å². The van der Waals surface area contributed by atoms with E-state index in [1.165, 1.54) is 6.07 Å². The van der Waals surface area contributed by atoms with Gasteiger partial charge in [0.25, 0.3) is 0 Å². The largest absolute Gasteiger partial charge is 0.478 e. The number of alkyl carbamates (subject to hydrolysis) is 1. The summed E-state index contributed by atoms with van der Waals surface area (Å²) in [7, 11) is 0.